The molecule has 118 valence electrons. The second-order valence-electron chi connectivity index (χ2n) is 5.94. The van der Waals surface area contributed by atoms with Crippen LogP contribution in [0, 0.1) is 12.8 Å². The van der Waals surface area contributed by atoms with Crippen LogP contribution in [-0.4, -0.2) is 32.5 Å². The highest BCUT2D eigenvalue weighted by Crippen LogP contribution is 2.26. The van der Waals surface area contributed by atoms with Crippen molar-refractivity contribution < 1.29 is 4.74 Å². The maximum atomic E-state index is 6.28. The number of aryl methyl sites for hydroxylation is 3. The Bertz CT molecular complexity index is 600. The van der Waals surface area contributed by atoms with Gasteiger partial charge in [-0.05, 0) is 26.2 Å². The molecule has 0 bridgehead atoms. The van der Waals surface area contributed by atoms with E-state index in [-0.39, 0.29) is 5.38 Å². The van der Waals surface area contributed by atoms with Crippen molar-refractivity contribution in [3.8, 4) is 0 Å². The molecule has 0 saturated heterocycles. The summed E-state index contributed by atoms with van der Waals surface area (Å²) >= 11 is 6.28. The van der Waals surface area contributed by atoms with Gasteiger partial charge in [0.05, 0.1) is 11.1 Å². The average Bonchev–Trinajstić information content (AvgIpc) is 2.89. The Morgan fingerprint density at radius 2 is 2.00 bits per heavy atom. The van der Waals surface area contributed by atoms with Gasteiger partial charge in [-0.25, -0.2) is 4.98 Å². The lowest BCUT2D eigenvalue weighted by molar-refractivity contribution is 0.105. The van der Waals surface area contributed by atoms with Gasteiger partial charge >= 0.3 is 0 Å². The molecule has 6 heteroatoms. The largest absolute Gasteiger partial charge is 0.381 e. The molecule has 2 aromatic heterocycles. The van der Waals surface area contributed by atoms with Crippen LogP contribution in [0.4, 0.5) is 0 Å². The van der Waals surface area contributed by atoms with Crippen molar-refractivity contribution in [2.45, 2.75) is 46.0 Å². The quantitative estimate of drug-likeness (QED) is 0.581. The molecular weight excluding hydrogens is 288 g/mol. The van der Waals surface area contributed by atoms with E-state index >= 15 is 0 Å². The number of halogens is 1. The van der Waals surface area contributed by atoms with E-state index in [1.54, 1.807) is 0 Å². The first-order valence-electron chi connectivity index (χ1n) is 7.53. The van der Waals surface area contributed by atoms with Crippen molar-refractivity contribution in [3.63, 3.8) is 0 Å². The van der Waals surface area contributed by atoms with Crippen molar-refractivity contribution in [3.05, 3.63) is 11.5 Å². The molecule has 0 radical (unpaired) electrons. The molecule has 0 amide bonds. The minimum atomic E-state index is -0.117. The fourth-order valence-corrected chi connectivity index (χ4v) is 2.69. The Morgan fingerprint density at radius 1 is 1.29 bits per heavy atom. The van der Waals surface area contributed by atoms with Crippen LogP contribution in [0.2, 0.25) is 0 Å². The van der Waals surface area contributed by atoms with Crippen LogP contribution >= 0.6 is 11.6 Å². The summed E-state index contributed by atoms with van der Waals surface area (Å²) in [5, 5.41) is 4.32. The molecule has 0 N–H and O–H groups in total. The van der Waals surface area contributed by atoms with Crippen LogP contribution in [0.15, 0.2) is 0 Å². The molecule has 0 saturated carbocycles. The molecule has 0 aliphatic carbocycles. The molecule has 2 heterocycles. The smallest absolute Gasteiger partial charge is 0.158 e. The van der Waals surface area contributed by atoms with Crippen molar-refractivity contribution in [2.24, 2.45) is 13.0 Å². The number of hydrogen-bond acceptors (Lipinski definition) is 3. The van der Waals surface area contributed by atoms with E-state index in [9.17, 15) is 0 Å². The predicted molar refractivity (Wildman–Crippen MR) is 85.8 cm³/mol. The van der Waals surface area contributed by atoms with Gasteiger partial charge in [0.1, 0.15) is 11.3 Å². The number of ether oxygens (including phenoxy) is 1. The van der Waals surface area contributed by atoms with Gasteiger partial charge in [0.2, 0.25) is 0 Å². The zero-order valence-corrected chi connectivity index (χ0v) is 14.3. The van der Waals surface area contributed by atoms with Crippen LogP contribution in [0.1, 0.15) is 44.1 Å². The van der Waals surface area contributed by atoms with E-state index in [0.717, 1.165) is 48.9 Å². The third-order valence-corrected chi connectivity index (χ3v) is 3.59. The Labute approximate surface area is 131 Å². The fourth-order valence-electron chi connectivity index (χ4n) is 2.52. The summed E-state index contributed by atoms with van der Waals surface area (Å²) < 4.78 is 9.71. The Kier molecular flexibility index (Phi) is 5.27. The molecule has 1 unspecified atom stereocenters. The minimum Gasteiger partial charge on any atom is -0.381 e. The lowest BCUT2D eigenvalue weighted by Crippen LogP contribution is -2.11. The van der Waals surface area contributed by atoms with Gasteiger partial charge in [0, 0.05) is 26.8 Å². The first kappa shape index (κ1) is 16.3. The summed E-state index contributed by atoms with van der Waals surface area (Å²) in [6.07, 6.45) is 0.943. The maximum absolute atomic E-state index is 6.28. The molecule has 0 aliphatic rings. The molecule has 0 fully saturated rings. The molecule has 0 aliphatic heterocycles. The standard InChI is InChI=1S/C15H25ClN4O/c1-10(2)9-21-8-6-7-20-14(11(3)16)17-13-12(4)18-19(5)15(13)20/h10-11H,6-9H2,1-5H3. The van der Waals surface area contributed by atoms with Gasteiger partial charge in [-0.1, -0.05) is 13.8 Å². The van der Waals surface area contributed by atoms with Crippen LogP contribution in [0.5, 0.6) is 0 Å². The minimum absolute atomic E-state index is 0.117. The normalized spacial score (nSPS) is 13.5. The average molecular weight is 313 g/mol. The third-order valence-electron chi connectivity index (χ3n) is 3.40. The summed E-state index contributed by atoms with van der Waals surface area (Å²) in [5.74, 6) is 1.48. The zero-order chi connectivity index (χ0) is 15.6. The van der Waals surface area contributed by atoms with E-state index < -0.39 is 0 Å². The second kappa shape index (κ2) is 6.79. The molecule has 2 aromatic rings. The van der Waals surface area contributed by atoms with Crippen LogP contribution in [0.3, 0.4) is 0 Å². The summed E-state index contributed by atoms with van der Waals surface area (Å²) in [5.41, 5.74) is 2.93. The van der Waals surface area contributed by atoms with Crippen LogP contribution < -0.4 is 0 Å². The van der Waals surface area contributed by atoms with Crippen LogP contribution in [0.25, 0.3) is 11.2 Å². The number of alkyl halides is 1. The highest BCUT2D eigenvalue weighted by atomic mass is 35.5. The first-order valence-corrected chi connectivity index (χ1v) is 7.97. The highest BCUT2D eigenvalue weighted by molar-refractivity contribution is 6.20. The molecule has 0 aromatic carbocycles. The highest BCUT2D eigenvalue weighted by Gasteiger charge is 2.19. The summed E-state index contributed by atoms with van der Waals surface area (Å²) in [4.78, 5) is 4.67. The molecule has 0 spiro atoms. The fraction of sp³-hybridized carbons (Fsp3) is 0.733. The molecule has 1 atom stereocenters. The Morgan fingerprint density at radius 3 is 2.62 bits per heavy atom. The Balaban J connectivity index is 2.15. The zero-order valence-electron chi connectivity index (χ0n) is 13.6. The maximum Gasteiger partial charge on any atom is 0.158 e. The first-order chi connectivity index (χ1) is 9.91. The SMILES string of the molecule is Cc1nn(C)c2c1nc(C(C)Cl)n2CCCOCC(C)C. The van der Waals surface area contributed by atoms with Crippen molar-refractivity contribution in [1.29, 1.82) is 0 Å². The van der Waals surface area contributed by atoms with E-state index in [1.165, 1.54) is 0 Å². The molecular formula is C15H25ClN4O. The lowest BCUT2D eigenvalue weighted by atomic mass is 10.2. The Hall–Kier alpha value is -1.07. The van der Waals surface area contributed by atoms with Crippen molar-refractivity contribution in [2.75, 3.05) is 13.2 Å². The number of hydrogen-bond donors (Lipinski definition) is 0. The van der Waals surface area contributed by atoms with Crippen molar-refractivity contribution in [1.82, 2.24) is 19.3 Å². The van der Waals surface area contributed by atoms with Gasteiger partial charge in [-0.3, -0.25) is 4.68 Å². The summed E-state index contributed by atoms with van der Waals surface area (Å²) in [7, 11) is 1.95. The number of aromatic nitrogens is 4. The van der Waals surface area contributed by atoms with Gasteiger partial charge in [0.25, 0.3) is 0 Å². The molecule has 21 heavy (non-hydrogen) atoms. The van der Waals surface area contributed by atoms with Crippen molar-refractivity contribution >= 4 is 22.8 Å². The van der Waals surface area contributed by atoms with E-state index in [0.29, 0.717) is 5.92 Å². The molecule has 2 rings (SSSR count). The number of rotatable bonds is 7. The lowest BCUT2D eigenvalue weighted by Gasteiger charge is -2.12. The predicted octanol–water partition coefficient (Wildman–Crippen LogP) is 3.44. The topological polar surface area (TPSA) is 44.9 Å². The third kappa shape index (κ3) is 3.58. The molecule has 5 nitrogen and oxygen atoms in total. The number of fused-ring (bicyclic) bond motifs is 1. The van der Waals surface area contributed by atoms with Crippen LogP contribution in [-0.2, 0) is 18.3 Å². The van der Waals surface area contributed by atoms with E-state index in [4.69, 9.17) is 16.3 Å². The number of imidazole rings is 1. The van der Waals surface area contributed by atoms with Gasteiger partial charge in [0.15, 0.2) is 5.65 Å². The second-order valence-corrected chi connectivity index (χ2v) is 6.60. The van der Waals surface area contributed by atoms with E-state index in [1.807, 2.05) is 25.6 Å². The number of nitrogens with zero attached hydrogens (tertiary/aromatic N) is 4. The monoisotopic (exact) mass is 312 g/mol. The van der Waals surface area contributed by atoms with Gasteiger partial charge < -0.3 is 9.30 Å². The summed E-state index contributed by atoms with van der Waals surface area (Å²) in [6, 6.07) is 0. The summed E-state index contributed by atoms with van der Waals surface area (Å²) in [6.45, 7) is 10.7. The van der Waals surface area contributed by atoms with E-state index in [2.05, 4.69) is 28.5 Å². The van der Waals surface area contributed by atoms with Gasteiger partial charge in [-0.15, -0.1) is 11.6 Å². The van der Waals surface area contributed by atoms with Gasteiger partial charge in [-0.2, -0.15) is 5.10 Å².